The summed E-state index contributed by atoms with van der Waals surface area (Å²) in [4.78, 5) is 15.5. The number of nitrogens with one attached hydrogen (secondary N) is 1. The van der Waals surface area contributed by atoms with Crippen molar-refractivity contribution in [2.24, 2.45) is 0 Å². The fraction of sp³-hybridized carbons (Fsp3) is 0.0588. The first-order chi connectivity index (χ1) is 10.1. The van der Waals surface area contributed by atoms with Gasteiger partial charge in [0, 0.05) is 22.5 Å². The highest BCUT2D eigenvalue weighted by molar-refractivity contribution is 5.94. The lowest BCUT2D eigenvalue weighted by molar-refractivity contribution is 0.0697. The highest BCUT2D eigenvalue weighted by Gasteiger charge is 2.06. The average molecular weight is 278 g/mol. The Morgan fingerprint density at radius 2 is 1.90 bits per heavy atom. The summed E-state index contributed by atoms with van der Waals surface area (Å²) < 4.78 is 0. The molecule has 21 heavy (non-hydrogen) atoms. The Hall–Kier alpha value is -2.88. The van der Waals surface area contributed by atoms with Crippen molar-refractivity contribution < 1.29 is 9.90 Å². The molecule has 4 nitrogen and oxygen atoms in total. The van der Waals surface area contributed by atoms with Crippen LogP contribution in [0.5, 0.6) is 0 Å². The Labute approximate surface area is 122 Å². The number of pyridine rings is 1. The van der Waals surface area contributed by atoms with E-state index in [0.29, 0.717) is 0 Å². The zero-order valence-electron chi connectivity index (χ0n) is 11.5. The van der Waals surface area contributed by atoms with E-state index < -0.39 is 5.97 Å². The molecule has 3 rings (SSSR count). The summed E-state index contributed by atoms with van der Waals surface area (Å²) in [6.45, 7) is 1.94. The summed E-state index contributed by atoms with van der Waals surface area (Å²) in [6, 6.07) is 16.6. The van der Waals surface area contributed by atoms with Crippen LogP contribution in [0.25, 0.3) is 10.9 Å². The van der Waals surface area contributed by atoms with E-state index >= 15 is 0 Å². The molecule has 0 radical (unpaired) electrons. The third kappa shape index (κ3) is 2.69. The molecule has 2 N–H and O–H groups in total. The number of aromatic carboxylic acids is 1. The molecule has 0 fully saturated rings. The highest BCUT2D eigenvalue weighted by Crippen LogP contribution is 2.26. The molecule has 4 heteroatoms. The smallest absolute Gasteiger partial charge is 0.335 e. The van der Waals surface area contributed by atoms with Crippen LogP contribution in [0.3, 0.4) is 0 Å². The average Bonchev–Trinajstić information content (AvgIpc) is 2.47. The van der Waals surface area contributed by atoms with Gasteiger partial charge in [-0.05, 0) is 37.3 Å². The Balaban J connectivity index is 2.05. The lowest BCUT2D eigenvalue weighted by Gasteiger charge is -2.11. The van der Waals surface area contributed by atoms with E-state index in [1.165, 1.54) is 0 Å². The monoisotopic (exact) mass is 278 g/mol. The van der Waals surface area contributed by atoms with E-state index in [-0.39, 0.29) is 5.56 Å². The molecule has 0 saturated heterocycles. The second-order valence-electron chi connectivity index (χ2n) is 4.84. The number of benzene rings is 2. The van der Waals surface area contributed by atoms with Gasteiger partial charge in [-0.1, -0.05) is 24.3 Å². The van der Waals surface area contributed by atoms with Gasteiger partial charge in [0.25, 0.3) is 0 Å². The van der Waals surface area contributed by atoms with Gasteiger partial charge in [0.1, 0.15) is 0 Å². The number of carboxylic acids is 1. The summed E-state index contributed by atoms with van der Waals surface area (Å²) in [6.07, 6.45) is 0. The van der Waals surface area contributed by atoms with Gasteiger partial charge in [0.05, 0.1) is 11.1 Å². The normalized spacial score (nSPS) is 10.5. The van der Waals surface area contributed by atoms with Crippen LogP contribution in [0.2, 0.25) is 0 Å². The first kappa shape index (κ1) is 13.1. The molecule has 3 aromatic rings. The fourth-order valence-corrected chi connectivity index (χ4v) is 2.30. The second-order valence-corrected chi connectivity index (χ2v) is 4.84. The molecule has 2 aromatic carbocycles. The summed E-state index contributed by atoms with van der Waals surface area (Å²) in [5, 5.41) is 13.3. The van der Waals surface area contributed by atoms with Crippen molar-refractivity contribution in [3.8, 4) is 0 Å². The van der Waals surface area contributed by atoms with Gasteiger partial charge in [0.2, 0.25) is 0 Å². The van der Waals surface area contributed by atoms with Crippen LogP contribution in [0.1, 0.15) is 16.1 Å². The molecule has 0 bridgehead atoms. The molecule has 104 valence electrons. The summed E-state index contributed by atoms with van der Waals surface area (Å²) >= 11 is 0. The van der Waals surface area contributed by atoms with Crippen LogP contribution in [0.4, 0.5) is 11.4 Å². The Kier molecular flexibility index (Phi) is 3.28. The van der Waals surface area contributed by atoms with E-state index in [0.717, 1.165) is 28.0 Å². The lowest BCUT2D eigenvalue weighted by atomic mass is 10.1. The van der Waals surface area contributed by atoms with E-state index in [4.69, 9.17) is 5.11 Å². The van der Waals surface area contributed by atoms with Crippen molar-refractivity contribution in [2.45, 2.75) is 6.92 Å². The molecule has 1 aromatic heterocycles. The number of hydrogen-bond acceptors (Lipinski definition) is 3. The number of fused-ring (bicyclic) bond motifs is 1. The number of para-hydroxylation sites is 1. The zero-order valence-corrected chi connectivity index (χ0v) is 11.5. The predicted octanol–water partition coefficient (Wildman–Crippen LogP) is 3.99. The van der Waals surface area contributed by atoms with Crippen LogP contribution in [-0.4, -0.2) is 16.1 Å². The van der Waals surface area contributed by atoms with Crippen LogP contribution in [-0.2, 0) is 0 Å². The summed E-state index contributed by atoms with van der Waals surface area (Å²) in [5.41, 5.74) is 3.74. The highest BCUT2D eigenvalue weighted by atomic mass is 16.4. The maximum Gasteiger partial charge on any atom is 0.335 e. The van der Waals surface area contributed by atoms with Gasteiger partial charge >= 0.3 is 5.97 Å². The Bertz CT molecular complexity index is 828. The Morgan fingerprint density at radius 1 is 1.10 bits per heavy atom. The minimum Gasteiger partial charge on any atom is -0.478 e. The van der Waals surface area contributed by atoms with Crippen LogP contribution >= 0.6 is 0 Å². The molecule has 0 aliphatic carbocycles. The van der Waals surface area contributed by atoms with E-state index in [1.807, 2.05) is 43.3 Å². The van der Waals surface area contributed by atoms with Gasteiger partial charge in [-0.15, -0.1) is 0 Å². The van der Waals surface area contributed by atoms with Gasteiger partial charge in [-0.25, -0.2) is 4.79 Å². The van der Waals surface area contributed by atoms with Crippen molar-refractivity contribution in [1.29, 1.82) is 0 Å². The molecule has 0 saturated carbocycles. The van der Waals surface area contributed by atoms with Crippen LogP contribution < -0.4 is 5.32 Å². The molecule has 0 aliphatic heterocycles. The number of rotatable bonds is 3. The van der Waals surface area contributed by atoms with Crippen molar-refractivity contribution in [2.75, 3.05) is 5.32 Å². The Morgan fingerprint density at radius 3 is 2.71 bits per heavy atom. The van der Waals surface area contributed by atoms with Gasteiger partial charge in [-0.3, -0.25) is 4.98 Å². The molecule has 0 amide bonds. The topological polar surface area (TPSA) is 62.2 Å². The molecule has 1 heterocycles. The van der Waals surface area contributed by atoms with Crippen LogP contribution in [0.15, 0.2) is 54.6 Å². The predicted molar refractivity (Wildman–Crippen MR) is 83.2 cm³/mol. The molecule has 0 atom stereocenters. The lowest BCUT2D eigenvalue weighted by Crippen LogP contribution is -1.99. The van der Waals surface area contributed by atoms with E-state index in [1.54, 1.807) is 18.2 Å². The zero-order chi connectivity index (χ0) is 14.8. The standard InChI is InChI=1S/C17H14N2O2/c1-11-9-16(14-7-2-3-8-15(14)18-11)19-13-6-4-5-12(10-13)17(20)21/h2-10H,1H3,(H,18,19)(H,20,21). The third-order valence-corrected chi connectivity index (χ3v) is 3.23. The number of aryl methyl sites for hydroxylation is 1. The molecular weight excluding hydrogens is 264 g/mol. The minimum atomic E-state index is -0.936. The molecule has 0 aliphatic rings. The first-order valence-corrected chi connectivity index (χ1v) is 6.60. The molecule has 0 unspecified atom stereocenters. The van der Waals surface area contributed by atoms with Crippen molar-refractivity contribution in [3.05, 3.63) is 65.9 Å². The number of anilines is 2. The number of nitrogens with zero attached hydrogens (tertiary/aromatic N) is 1. The number of carbonyl (C=O) groups is 1. The van der Waals surface area contributed by atoms with Crippen molar-refractivity contribution >= 4 is 28.2 Å². The van der Waals surface area contributed by atoms with Crippen LogP contribution in [0, 0.1) is 6.92 Å². The third-order valence-electron chi connectivity index (χ3n) is 3.23. The molecule has 0 spiro atoms. The fourth-order valence-electron chi connectivity index (χ4n) is 2.30. The maximum absolute atomic E-state index is 11.0. The number of hydrogen-bond donors (Lipinski definition) is 2. The minimum absolute atomic E-state index is 0.259. The quantitative estimate of drug-likeness (QED) is 0.760. The molecular formula is C17H14N2O2. The largest absolute Gasteiger partial charge is 0.478 e. The van der Waals surface area contributed by atoms with Gasteiger partial charge in [0.15, 0.2) is 0 Å². The van der Waals surface area contributed by atoms with E-state index in [9.17, 15) is 4.79 Å². The first-order valence-electron chi connectivity index (χ1n) is 6.60. The number of aromatic nitrogens is 1. The second kappa shape index (κ2) is 5.25. The van der Waals surface area contributed by atoms with Gasteiger partial charge < -0.3 is 10.4 Å². The number of carboxylic acid groups (broad SMARTS) is 1. The van der Waals surface area contributed by atoms with Gasteiger partial charge in [-0.2, -0.15) is 0 Å². The van der Waals surface area contributed by atoms with Crippen molar-refractivity contribution in [3.63, 3.8) is 0 Å². The van der Waals surface area contributed by atoms with Crippen molar-refractivity contribution in [1.82, 2.24) is 4.98 Å². The van der Waals surface area contributed by atoms with E-state index in [2.05, 4.69) is 10.3 Å². The summed E-state index contributed by atoms with van der Waals surface area (Å²) in [5.74, 6) is -0.936. The maximum atomic E-state index is 11.0. The SMILES string of the molecule is Cc1cc(Nc2cccc(C(=O)O)c2)c2ccccc2n1. The summed E-state index contributed by atoms with van der Waals surface area (Å²) in [7, 11) is 0.